The lowest BCUT2D eigenvalue weighted by molar-refractivity contribution is -0.141. The van der Waals surface area contributed by atoms with E-state index in [-0.39, 0.29) is 40.3 Å². The van der Waals surface area contributed by atoms with Gasteiger partial charge in [-0.3, -0.25) is 9.59 Å². The minimum Gasteiger partial charge on any atom is -0.477 e. The Hall–Kier alpha value is -3.43. The van der Waals surface area contributed by atoms with Crippen molar-refractivity contribution >= 4 is 46.0 Å². The molecule has 5 N–H and O–H groups in total. The molecular weight excluding hydrogens is 523 g/mol. The van der Waals surface area contributed by atoms with Gasteiger partial charge in [0.25, 0.3) is 0 Å². The van der Waals surface area contributed by atoms with Crippen molar-refractivity contribution in [3.05, 3.63) is 64.8 Å². The summed E-state index contributed by atoms with van der Waals surface area (Å²) in [4.78, 5) is 43.5. The monoisotopic (exact) mass is 554 g/mol. The number of benzene rings is 2. The lowest BCUT2D eigenvalue weighted by Crippen LogP contribution is -2.48. The third-order valence-electron chi connectivity index (χ3n) is 8.30. The Morgan fingerprint density at radius 3 is 2.49 bits per heavy atom. The van der Waals surface area contributed by atoms with E-state index in [1.54, 1.807) is 23.1 Å². The van der Waals surface area contributed by atoms with E-state index in [0.717, 1.165) is 5.56 Å². The van der Waals surface area contributed by atoms with E-state index in [1.165, 1.54) is 0 Å². The Balaban J connectivity index is 1.39. The van der Waals surface area contributed by atoms with Crippen molar-refractivity contribution in [1.82, 2.24) is 9.88 Å². The van der Waals surface area contributed by atoms with Gasteiger partial charge in [0.15, 0.2) is 0 Å². The minimum atomic E-state index is -1.17. The van der Waals surface area contributed by atoms with E-state index in [4.69, 9.17) is 17.3 Å². The lowest BCUT2D eigenvalue weighted by atomic mass is 9.78. The minimum absolute atomic E-state index is 0.0453. The molecule has 10 heteroatoms. The normalized spacial score (nSPS) is 24.0. The Morgan fingerprint density at radius 1 is 1.10 bits per heavy atom. The van der Waals surface area contributed by atoms with Crippen molar-refractivity contribution < 1.29 is 23.9 Å². The molecule has 1 aliphatic carbocycles. The molecule has 2 amide bonds. The van der Waals surface area contributed by atoms with E-state index in [2.05, 4.69) is 10.3 Å². The molecule has 1 saturated carbocycles. The second-order valence-electron chi connectivity index (χ2n) is 10.6. The van der Waals surface area contributed by atoms with Gasteiger partial charge in [0.05, 0.1) is 5.02 Å². The first-order valence-corrected chi connectivity index (χ1v) is 13.7. The molecule has 0 unspecified atom stereocenters. The third kappa shape index (κ3) is 5.38. The molecule has 206 valence electrons. The molecule has 2 aliphatic rings. The van der Waals surface area contributed by atoms with Crippen LogP contribution in [0.5, 0.6) is 0 Å². The Kier molecular flexibility index (Phi) is 7.91. The van der Waals surface area contributed by atoms with Crippen LogP contribution in [0.25, 0.3) is 10.9 Å². The fourth-order valence-electron chi connectivity index (χ4n) is 6.17. The average Bonchev–Trinajstić information content (AvgIpc) is 3.54. The van der Waals surface area contributed by atoms with Crippen LogP contribution < -0.4 is 11.1 Å². The summed E-state index contributed by atoms with van der Waals surface area (Å²) in [5.41, 5.74) is 7.77. The standard InChI is InChI=1S/C29H32ClFN4O4/c30-24-21-14-19(10-11-23(21)34-25(24)29(38)39)33-27(36)26-20(16-4-2-1-3-5-16)12-13-35(26)28(37)18-8-6-17(7-9-18)22(32)15-31/h1-5,10-11,14,17-18,20,22,26,34H,6-9,12-13,15,32H2,(H,33,36)(H,38,39)/t17-,18-,20-,22-,26+/m1/s1. The zero-order chi connectivity index (χ0) is 27.7. The molecule has 2 fully saturated rings. The number of carbonyl (C=O) groups is 3. The van der Waals surface area contributed by atoms with Crippen LogP contribution in [-0.2, 0) is 9.59 Å². The summed E-state index contributed by atoms with van der Waals surface area (Å²) in [5.74, 6) is -1.85. The van der Waals surface area contributed by atoms with Gasteiger partial charge in [-0.2, -0.15) is 0 Å². The number of alkyl halides is 1. The molecule has 1 aromatic heterocycles. The summed E-state index contributed by atoms with van der Waals surface area (Å²) in [6.07, 6.45) is 3.31. The van der Waals surface area contributed by atoms with E-state index in [0.29, 0.717) is 55.2 Å². The molecule has 0 radical (unpaired) electrons. The summed E-state index contributed by atoms with van der Waals surface area (Å²) in [7, 11) is 0. The first kappa shape index (κ1) is 27.1. The number of carbonyl (C=O) groups excluding carboxylic acids is 2. The zero-order valence-corrected chi connectivity index (χ0v) is 22.2. The Bertz CT molecular complexity index is 1370. The van der Waals surface area contributed by atoms with E-state index < -0.39 is 24.7 Å². The summed E-state index contributed by atoms with van der Waals surface area (Å²) < 4.78 is 13.1. The van der Waals surface area contributed by atoms with Gasteiger partial charge >= 0.3 is 5.97 Å². The molecule has 8 nitrogen and oxygen atoms in total. The number of nitrogens with zero attached hydrogens (tertiary/aromatic N) is 1. The maximum Gasteiger partial charge on any atom is 0.353 e. The van der Waals surface area contributed by atoms with E-state index in [1.807, 2.05) is 30.3 Å². The highest BCUT2D eigenvalue weighted by atomic mass is 35.5. The Labute approximate surface area is 230 Å². The molecule has 39 heavy (non-hydrogen) atoms. The van der Waals surface area contributed by atoms with E-state index >= 15 is 0 Å². The molecule has 1 aliphatic heterocycles. The predicted octanol–water partition coefficient (Wildman–Crippen LogP) is 4.95. The molecule has 0 spiro atoms. The number of amides is 2. The molecule has 5 rings (SSSR count). The largest absolute Gasteiger partial charge is 0.477 e. The number of aromatic nitrogens is 1. The number of nitrogens with two attached hydrogens (primary N) is 1. The number of likely N-dealkylation sites (tertiary alicyclic amines) is 1. The van der Waals surface area contributed by atoms with Crippen LogP contribution in [0.15, 0.2) is 48.5 Å². The van der Waals surface area contributed by atoms with Crippen molar-refractivity contribution in [3.63, 3.8) is 0 Å². The highest BCUT2D eigenvalue weighted by Crippen LogP contribution is 2.39. The maximum atomic E-state index is 13.8. The number of anilines is 1. The number of carboxylic acids is 1. The van der Waals surface area contributed by atoms with Gasteiger partial charge in [-0.25, -0.2) is 9.18 Å². The third-order valence-corrected chi connectivity index (χ3v) is 8.69. The van der Waals surface area contributed by atoms with Crippen LogP contribution in [-0.4, -0.2) is 58.1 Å². The van der Waals surface area contributed by atoms with Gasteiger partial charge in [-0.1, -0.05) is 41.9 Å². The second kappa shape index (κ2) is 11.4. The van der Waals surface area contributed by atoms with Crippen molar-refractivity contribution in [3.8, 4) is 0 Å². The number of fused-ring (bicyclic) bond motifs is 1. The van der Waals surface area contributed by atoms with Gasteiger partial charge in [0.1, 0.15) is 18.4 Å². The SMILES string of the molecule is N[C@H](CF)[C@H]1CC[C@H](C(=O)N2CC[C@H](c3ccccc3)[C@H]2C(=O)Nc2ccc3[nH]c(C(=O)O)c(Cl)c3c2)CC1. The van der Waals surface area contributed by atoms with Crippen LogP contribution in [0, 0.1) is 11.8 Å². The number of aromatic amines is 1. The average molecular weight is 555 g/mol. The fraction of sp³-hybridized carbons (Fsp3) is 0.414. The molecule has 1 saturated heterocycles. The number of rotatable bonds is 7. The zero-order valence-electron chi connectivity index (χ0n) is 21.4. The number of halogens is 2. The van der Waals surface area contributed by atoms with Crippen molar-refractivity contribution in [2.45, 2.75) is 50.1 Å². The highest BCUT2D eigenvalue weighted by molar-refractivity contribution is 6.38. The molecule has 0 bridgehead atoms. The number of aromatic carboxylic acids is 1. The molecule has 3 atom stereocenters. The topological polar surface area (TPSA) is 129 Å². The first-order chi connectivity index (χ1) is 18.8. The van der Waals surface area contributed by atoms with Crippen LogP contribution >= 0.6 is 11.6 Å². The lowest BCUT2D eigenvalue weighted by Gasteiger charge is -2.35. The van der Waals surface area contributed by atoms with Crippen molar-refractivity contribution in [2.75, 3.05) is 18.5 Å². The summed E-state index contributed by atoms with van der Waals surface area (Å²) in [6, 6.07) is 13.5. The molecule has 3 aromatic rings. The van der Waals surface area contributed by atoms with Crippen LogP contribution in [0.4, 0.5) is 10.1 Å². The van der Waals surface area contributed by atoms with Gasteiger partial charge in [0, 0.05) is 41.0 Å². The first-order valence-electron chi connectivity index (χ1n) is 13.3. The van der Waals surface area contributed by atoms with Gasteiger partial charge in [-0.15, -0.1) is 0 Å². The molecule has 2 heterocycles. The summed E-state index contributed by atoms with van der Waals surface area (Å²) in [6.45, 7) is -0.0984. The highest BCUT2D eigenvalue weighted by Gasteiger charge is 2.44. The fourth-order valence-corrected chi connectivity index (χ4v) is 6.45. The molecule has 2 aromatic carbocycles. The van der Waals surface area contributed by atoms with Crippen LogP contribution in [0.1, 0.15) is 54.1 Å². The van der Waals surface area contributed by atoms with Gasteiger partial charge in [-0.05, 0) is 61.8 Å². The second-order valence-corrected chi connectivity index (χ2v) is 11.0. The van der Waals surface area contributed by atoms with Crippen LogP contribution in [0.3, 0.4) is 0 Å². The number of H-pyrrole nitrogens is 1. The smallest absolute Gasteiger partial charge is 0.353 e. The van der Waals surface area contributed by atoms with Crippen LogP contribution in [0.2, 0.25) is 5.02 Å². The van der Waals surface area contributed by atoms with Gasteiger partial charge in [0.2, 0.25) is 11.8 Å². The quantitative estimate of drug-likeness (QED) is 0.328. The predicted molar refractivity (Wildman–Crippen MR) is 148 cm³/mol. The number of hydrogen-bond acceptors (Lipinski definition) is 4. The summed E-state index contributed by atoms with van der Waals surface area (Å²) >= 11 is 6.27. The Morgan fingerprint density at radius 2 is 1.82 bits per heavy atom. The summed E-state index contributed by atoms with van der Waals surface area (Å²) in [5, 5.41) is 12.9. The number of hydrogen-bond donors (Lipinski definition) is 4. The van der Waals surface area contributed by atoms with Gasteiger partial charge < -0.3 is 26.0 Å². The van der Waals surface area contributed by atoms with Crippen molar-refractivity contribution in [1.29, 1.82) is 0 Å². The molecular formula is C29H32ClFN4O4. The van der Waals surface area contributed by atoms with E-state index in [9.17, 15) is 23.9 Å². The number of nitrogens with one attached hydrogen (secondary N) is 2. The van der Waals surface area contributed by atoms with Crippen molar-refractivity contribution in [2.24, 2.45) is 17.6 Å². The number of carboxylic acid groups (broad SMARTS) is 1. The maximum absolute atomic E-state index is 13.8.